The first-order valence-corrected chi connectivity index (χ1v) is 8.68. The van der Waals surface area contributed by atoms with Crippen LogP contribution in [0.1, 0.15) is 44.4 Å². The van der Waals surface area contributed by atoms with E-state index in [0.717, 1.165) is 17.7 Å². The van der Waals surface area contributed by atoms with Gasteiger partial charge >= 0.3 is 0 Å². The van der Waals surface area contributed by atoms with E-state index >= 15 is 0 Å². The van der Waals surface area contributed by atoms with Crippen LogP contribution in [0.25, 0.3) is 5.57 Å². The topological polar surface area (TPSA) is 47.3 Å². The molecule has 0 bridgehead atoms. The summed E-state index contributed by atoms with van der Waals surface area (Å²) in [6.07, 6.45) is 2.14. The van der Waals surface area contributed by atoms with Crippen LogP contribution in [0.5, 0.6) is 5.75 Å². The molecule has 0 aliphatic heterocycles. The van der Waals surface area contributed by atoms with Crippen molar-refractivity contribution in [1.82, 2.24) is 4.90 Å². The molecular formula is C22H26N2O. The number of benzene rings is 2. The van der Waals surface area contributed by atoms with Crippen LogP contribution in [0.15, 0.2) is 54.6 Å². The molecule has 0 spiro atoms. The van der Waals surface area contributed by atoms with Crippen molar-refractivity contribution in [3.05, 3.63) is 71.3 Å². The average Bonchev–Trinajstić information content (AvgIpc) is 2.59. The first-order chi connectivity index (χ1) is 11.9. The van der Waals surface area contributed by atoms with Crippen LogP contribution in [0.3, 0.4) is 0 Å². The third-order valence-corrected chi connectivity index (χ3v) is 4.33. The smallest absolute Gasteiger partial charge is 0.123 e. The van der Waals surface area contributed by atoms with E-state index in [1.165, 1.54) is 0 Å². The van der Waals surface area contributed by atoms with Crippen LogP contribution in [-0.2, 0) is 0 Å². The molecule has 0 radical (unpaired) electrons. The lowest BCUT2D eigenvalue weighted by Crippen LogP contribution is -2.37. The van der Waals surface area contributed by atoms with E-state index in [-0.39, 0.29) is 5.75 Å². The van der Waals surface area contributed by atoms with Gasteiger partial charge in [0.1, 0.15) is 5.75 Å². The van der Waals surface area contributed by atoms with Gasteiger partial charge in [-0.3, -0.25) is 4.90 Å². The standard InChI is InChI=1S/C22H26N2O/c1-16(2)24(17(3)4)13-12-20(19-8-6-5-7-9-19)21-14-18(15-23)10-11-22(21)25/h5-12,14,16-17,25H,13H2,1-4H3/b20-12-. The number of phenols is 1. The Balaban J connectivity index is 2.52. The monoisotopic (exact) mass is 334 g/mol. The molecule has 2 rings (SSSR count). The van der Waals surface area contributed by atoms with Gasteiger partial charge in [-0.15, -0.1) is 0 Å². The van der Waals surface area contributed by atoms with Gasteiger partial charge in [0, 0.05) is 24.2 Å². The van der Waals surface area contributed by atoms with Crippen molar-refractivity contribution in [2.75, 3.05) is 6.54 Å². The maximum atomic E-state index is 10.4. The highest BCUT2D eigenvalue weighted by atomic mass is 16.3. The molecule has 0 fully saturated rings. The van der Waals surface area contributed by atoms with Crippen molar-refractivity contribution in [3.8, 4) is 11.8 Å². The molecule has 0 aromatic heterocycles. The molecule has 130 valence electrons. The van der Waals surface area contributed by atoms with Crippen LogP contribution in [0, 0.1) is 11.3 Å². The van der Waals surface area contributed by atoms with Crippen molar-refractivity contribution >= 4 is 5.57 Å². The van der Waals surface area contributed by atoms with E-state index < -0.39 is 0 Å². The number of phenolic OH excluding ortho intramolecular Hbond substituents is 1. The Morgan fingerprint density at radius 3 is 2.28 bits per heavy atom. The minimum Gasteiger partial charge on any atom is -0.507 e. The second-order valence-electron chi connectivity index (χ2n) is 6.71. The SMILES string of the molecule is CC(C)N(C/C=C(/c1ccccc1)c1cc(C#N)ccc1O)C(C)C. The van der Waals surface area contributed by atoms with Gasteiger partial charge in [0.25, 0.3) is 0 Å². The Hall–Kier alpha value is -2.57. The fraction of sp³-hybridized carbons (Fsp3) is 0.318. The Labute approximate surface area is 150 Å². The van der Waals surface area contributed by atoms with Crippen molar-refractivity contribution in [1.29, 1.82) is 5.26 Å². The van der Waals surface area contributed by atoms with Crippen LogP contribution >= 0.6 is 0 Å². The molecule has 0 amide bonds. The molecule has 1 N–H and O–H groups in total. The van der Waals surface area contributed by atoms with Crippen LogP contribution in [0.4, 0.5) is 0 Å². The van der Waals surface area contributed by atoms with Crippen LogP contribution in [-0.4, -0.2) is 28.6 Å². The summed E-state index contributed by atoms with van der Waals surface area (Å²) in [6, 6.07) is 18.0. The summed E-state index contributed by atoms with van der Waals surface area (Å²) in [6.45, 7) is 9.51. The quantitative estimate of drug-likeness (QED) is 0.824. The first-order valence-electron chi connectivity index (χ1n) is 8.68. The van der Waals surface area contributed by atoms with E-state index in [1.807, 2.05) is 30.3 Å². The highest BCUT2D eigenvalue weighted by Gasteiger charge is 2.15. The van der Waals surface area contributed by atoms with Gasteiger partial charge in [-0.2, -0.15) is 5.26 Å². The average molecular weight is 334 g/mol. The summed E-state index contributed by atoms with van der Waals surface area (Å²) in [5, 5.41) is 19.6. The van der Waals surface area contributed by atoms with Crippen LogP contribution < -0.4 is 0 Å². The lowest BCUT2D eigenvalue weighted by Gasteiger charge is -2.29. The number of rotatable bonds is 6. The molecule has 2 aromatic rings. The predicted molar refractivity (Wildman–Crippen MR) is 103 cm³/mol. The van der Waals surface area contributed by atoms with Crippen molar-refractivity contribution in [3.63, 3.8) is 0 Å². The van der Waals surface area contributed by atoms with E-state index in [9.17, 15) is 10.4 Å². The fourth-order valence-corrected chi connectivity index (χ4v) is 3.04. The summed E-state index contributed by atoms with van der Waals surface area (Å²) in [7, 11) is 0. The lowest BCUT2D eigenvalue weighted by molar-refractivity contribution is 0.196. The zero-order chi connectivity index (χ0) is 18.4. The second kappa shape index (κ2) is 8.50. The zero-order valence-electron chi connectivity index (χ0n) is 15.4. The van der Waals surface area contributed by atoms with Gasteiger partial charge in [-0.1, -0.05) is 36.4 Å². The Bertz CT molecular complexity index is 762. The van der Waals surface area contributed by atoms with Gasteiger partial charge in [-0.25, -0.2) is 0 Å². The molecule has 25 heavy (non-hydrogen) atoms. The molecular weight excluding hydrogens is 308 g/mol. The Morgan fingerprint density at radius 2 is 1.72 bits per heavy atom. The molecule has 0 saturated heterocycles. The third kappa shape index (κ3) is 4.71. The molecule has 0 aliphatic rings. The largest absolute Gasteiger partial charge is 0.507 e. The molecule has 2 aromatic carbocycles. The maximum absolute atomic E-state index is 10.4. The summed E-state index contributed by atoms with van der Waals surface area (Å²) < 4.78 is 0. The Kier molecular flexibility index (Phi) is 6.38. The zero-order valence-corrected chi connectivity index (χ0v) is 15.4. The first kappa shape index (κ1) is 18.8. The summed E-state index contributed by atoms with van der Waals surface area (Å²) in [5.74, 6) is 0.190. The number of nitrogens with zero attached hydrogens (tertiary/aromatic N) is 2. The van der Waals surface area contributed by atoms with Crippen LogP contribution in [0.2, 0.25) is 0 Å². The lowest BCUT2D eigenvalue weighted by atomic mass is 9.95. The molecule has 3 nitrogen and oxygen atoms in total. The molecule has 0 unspecified atom stereocenters. The fourth-order valence-electron chi connectivity index (χ4n) is 3.04. The number of hydrogen-bond acceptors (Lipinski definition) is 3. The van der Waals surface area contributed by atoms with Crippen molar-refractivity contribution in [2.45, 2.75) is 39.8 Å². The van der Waals surface area contributed by atoms with E-state index in [1.54, 1.807) is 18.2 Å². The number of nitriles is 1. The summed E-state index contributed by atoms with van der Waals surface area (Å²) >= 11 is 0. The minimum atomic E-state index is 0.190. The summed E-state index contributed by atoms with van der Waals surface area (Å²) in [5.41, 5.74) is 3.21. The second-order valence-corrected chi connectivity index (χ2v) is 6.71. The van der Waals surface area contributed by atoms with Gasteiger partial charge in [0.2, 0.25) is 0 Å². The van der Waals surface area contributed by atoms with Gasteiger partial charge < -0.3 is 5.11 Å². The Morgan fingerprint density at radius 1 is 1.08 bits per heavy atom. The van der Waals surface area contributed by atoms with E-state index in [2.05, 4.69) is 44.7 Å². The highest BCUT2D eigenvalue weighted by Crippen LogP contribution is 2.31. The van der Waals surface area contributed by atoms with E-state index in [0.29, 0.717) is 23.2 Å². The summed E-state index contributed by atoms with van der Waals surface area (Å²) in [4.78, 5) is 2.38. The van der Waals surface area contributed by atoms with E-state index in [4.69, 9.17) is 0 Å². The normalized spacial score (nSPS) is 12.0. The molecule has 0 atom stereocenters. The number of aromatic hydroxyl groups is 1. The van der Waals surface area contributed by atoms with Crippen molar-refractivity contribution < 1.29 is 5.11 Å². The van der Waals surface area contributed by atoms with Crippen molar-refractivity contribution in [2.24, 2.45) is 0 Å². The molecule has 0 heterocycles. The minimum absolute atomic E-state index is 0.190. The molecule has 0 aliphatic carbocycles. The van der Waals surface area contributed by atoms with Gasteiger partial charge in [0.15, 0.2) is 0 Å². The third-order valence-electron chi connectivity index (χ3n) is 4.33. The number of hydrogen-bond donors (Lipinski definition) is 1. The van der Waals surface area contributed by atoms with Gasteiger partial charge in [0.05, 0.1) is 11.6 Å². The maximum Gasteiger partial charge on any atom is 0.123 e. The predicted octanol–water partition coefficient (Wildman–Crippen LogP) is 4.81. The highest BCUT2D eigenvalue weighted by molar-refractivity contribution is 5.83. The molecule has 3 heteroatoms. The van der Waals surface area contributed by atoms with Gasteiger partial charge in [-0.05, 0) is 57.0 Å². The molecule has 0 saturated carbocycles.